The maximum Gasteiger partial charge on any atom is 0.573 e. The van der Waals surface area contributed by atoms with E-state index in [9.17, 15) is 31.1 Å². The SMILES string of the molecule is O=C(CCc1ccc(C(F)(F)F)cc1)c1cccc(OC(F)(F)F)c1. The van der Waals surface area contributed by atoms with Crippen LogP contribution in [0.25, 0.3) is 0 Å². The Labute approximate surface area is 139 Å². The van der Waals surface area contributed by atoms with Crippen molar-refractivity contribution >= 4 is 5.78 Å². The minimum absolute atomic E-state index is 0.0358. The highest BCUT2D eigenvalue weighted by atomic mass is 19.4. The van der Waals surface area contributed by atoms with E-state index in [1.807, 2.05) is 0 Å². The standard InChI is InChI=1S/C17H12F6O2/c18-16(19,20)13-7-4-11(5-8-13)6-9-15(24)12-2-1-3-14(10-12)25-17(21,22)23/h1-5,7-8,10H,6,9H2. The minimum Gasteiger partial charge on any atom is -0.406 e. The molecule has 0 spiro atoms. The molecule has 0 bridgehead atoms. The molecule has 2 rings (SSSR count). The molecule has 0 saturated carbocycles. The minimum atomic E-state index is -4.86. The summed E-state index contributed by atoms with van der Waals surface area (Å²) in [6, 6.07) is 9.00. The number of rotatable bonds is 5. The highest BCUT2D eigenvalue weighted by molar-refractivity contribution is 5.96. The molecule has 134 valence electrons. The summed E-state index contributed by atoms with van der Waals surface area (Å²) in [5, 5.41) is 0. The number of aryl methyl sites for hydroxylation is 1. The lowest BCUT2D eigenvalue weighted by Gasteiger charge is -2.10. The maximum absolute atomic E-state index is 12.5. The van der Waals surface area contributed by atoms with Crippen LogP contribution in [0.3, 0.4) is 0 Å². The number of carbonyl (C=O) groups excluding carboxylic acids is 1. The smallest absolute Gasteiger partial charge is 0.406 e. The molecular weight excluding hydrogens is 350 g/mol. The fourth-order valence-electron chi connectivity index (χ4n) is 2.13. The van der Waals surface area contributed by atoms with Gasteiger partial charge in [0.2, 0.25) is 0 Å². The monoisotopic (exact) mass is 362 g/mol. The van der Waals surface area contributed by atoms with E-state index < -0.39 is 29.6 Å². The van der Waals surface area contributed by atoms with Crippen molar-refractivity contribution in [3.63, 3.8) is 0 Å². The van der Waals surface area contributed by atoms with Crippen LogP contribution in [-0.2, 0) is 12.6 Å². The van der Waals surface area contributed by atoms with Gasteiger partial charge in [0.1, 0.15) is 5.75 Å². The van der Waals surface area contributed by atoms with Crippen LogP contribution >= 0.6 is 0 Å². The van der Waals surface area contributed by atoms with Gasteiger partial charge in [-0.3, -0.25) is 4.79 Å². The number of halogens is 6. The van der Waals surface area contributed by atoms with E-state index in [4.69, 9.17) is 0 Å². The Morgan fingerprint density at radius 3 is 2.12 bits per heavy atom. The lowest BCUT2D eigenvalue weighted by atomic mass is 10.0. The zero-order valence-electron chi connectivity index (χ0n) is 12.6. The number of hydrogen-bond acceptors (Lipinski definition) is 2. The fraction of sp³-hybridized carbons (Fsp3) is 0.235. The number of hydrogen-bond donors (Lipinski definition) is 0. The maximum atomic E-state index is 12.5. The van der Waals surface area contributed by atoms with Crippen molar-refractivity contribution in [1.29, 1.82) is 0 Å². The number of ketones is 1. The summed E-state index contributed by atoms with van der Waals surface area (Å²) in [6.45, 7) is 0. The average Bonchev–Trinajstić information content (AvgIpc) is 2.51. The Morgan fingerprint density at radius 2 is 1.56 bits per heavy atom. The van der Waals surface area contributed by atoms with Gasteiger partial charge in [0.25, 0.3) is 0 Å². The molecule has 0 radical (unpaired) electrons. The number of alkyl halides is 6. The Hall–Kier alpha value is -2.51. The largest absolute Gasteiger partial charge is 0.573 e. The molecule has 2 aromatic carbocycles. The van der Waals surface area contributed by atoms with E-state index >= 15 is 0 Å². The highest BCUT2D eigenvalue weighted by Gasteiger charge is 2.31. The quantitative estimate of drug-likeness (QED) is 0.524. The Kier molecular flexibility index (Phi) is 5.39. The molecule has 0 aromatic heterocycles. The van der Waals surface area contributed by atoms with Gasteiger partial charge in [-0.25, -0.2) is 0 Å². The van der Waals surface area contributed by atoms with Crippen molar-refractivity contribution in [2.45, 2.75) is 25.4 Å². The molecule has 0 unspecified atom stereocenters. The van der Waals surface area contributed by atoms with Gasteiger partial charge >= 0.3 is 12.5 Å². The van der Waals surface area contributed by atoms with Gasteiger partial charge in [0.15, 0.2) is 5.78 Å². The van der Waals surface area contributed by atoms with Gasteiger partial charge in [-0.15, -0.1) is 13.2 Å². The Balaban J connectivity index is 1.99. The van der Waals surface area contributed by atoms with Crippen LogP contribution in [0, 0.1) is 0 Å². The van der Waals surface area contributed by atoms with Crippen LogP contribution in [0.1, 0.15) is 27.9 Å². The zero-order valence-corrected chi connectivity index (χ0v) is 12.6. The van der Waals surface area contributed by atoms with Gasteiger partial charge in [-0.2, -0.15) is 13.2 Å². The normalized spacial score (nSPS) is 12.1. The summed E-state index contributed by atoms with van der Waals surface area (Å²) < 4.78 is 77.7. The molecule has 0 aliphatic rings. The molecular formula is C17H12F6O2. The summed E-state index contributed by atoms with van der Waals surface area (Å²) >= 11 is 0. The highest BCUT2D eigenvalue weighted by Crippen LogP contribution is 2.29. The van der Waals surface area contributed by atoms with Crippen molar-refractivity contribution in [1.82, 2.24) is 0 Å². The first kappa shape index (κ1) is 18.8. The van der Waals surface area contributed by atoms with Crippen LogP contribution in [-0.4, -0.2) is 12.1 Å². The molecule has 0 amide bonds. The predicted octanol–water partition coefficient (Wildman–Crippen LogP) is 5.42. The number of ether oxygens (including phenoxy) is 1. The Morgan fingerprint density at radius 1 is 0.920 bits per heavy atom. The van der Waals surface area contributed by atoms with Gasteiger partial charge in [0, 0.05) is 12.0 Å². The van der Waals surface area contributed by atoms with E-state index in [0.29, 0.717) is 5.56 Å². The molecule has 0 heterocycles. The summed E-state index contributed by atoms with van der Waals surface area (Å²) in [4.78, 5) is 12.0. The third-order valence-electron chi connectivity index (χ3n) is 3.31. The van der Waals surface area contributed by atoms with Crippen LogP contribution in [0.15, 0.2) is 48.5 Å². The molecule has 25 heavy (non-hydrogen) atoms. The van der Waals surface area contributed by atoms with Crippen molar-refractivity contribution in [3.8, 4) is 5.75 Å². The van der Waals surface area contributed by atoms with Crippen LogP contribution in [0.2, 0.25) is 0 Å². The molecule has 0 aliphatic heterocycles. The summed E-state index contributed by atoms with van der Waals surface area (Å²) in [6.07, 6.45) is -9.18. The second-order valence-corrected chi connectivity index (χ2v) is 5.19. The van der Waals surface area contributed by atoms with Gasteiger partial charge in [-0.05, 0) is 36.2 Å². The van der Waals surface area contributed by atoms with Gasteiger partial charge < -0.3 is 4.74 Å². The van der Waals surface area contributed by atoms with Crippen molar-refractivity contribution < 1.29 is 35.9 Å². The third-order valence-corrected chi connectivity index (χ3v) is 3.31. The summed E-state index contributed by atoms with van der Waals surface area (Å²) in [5.41, 5.74) is -0.239. The topological polar surface area (TPSA) is 26.3 Å². The molecule has 2 nitrogen and oxygen atoms in total. The van der Waals surface area contributed by atoms with Crippen LogP contribution in [0.5, 0.6) is 5.75 Å². The molecule has 0 atom stereocenters. The third kappa shape index (κ3) is 5.81. The molecule has 0 N–H and O–H groups in total. The Bertz CT molecular complexity index is 732. The molecule has 0 aliphatic carbocycles. The lowest BCUT2D eigenvalue weighted by Crippen LogP contribution is -2.17. The second kappa shape index (κ2) is 7.16. The molecule has 8 heteroatoms. The first-order chi connectivity index (χ1) is 11.5. The van der Waals surface area contributed by atoms with E-state index in [2.05, 4.69) is 4.74 Å². The van der Waals surface area contributed by atoms with E-state index in [1.54, 1.807) is 0 Å². The van der Waals surface area contributed by atoms with Crippen LogP contribution in [0.4, 0.5) is 26.3 Å². The average molecular weight is 362 g/mol. The van der Waals surface area contributed by atoms with E-state index in [0.717, 1.165) is 24.3 Å². The first-order valence-corrected chi connectivity index (χ1v) is 7.10. The number of Topliss-reactive ketones (excluding diaryl/α,β-unsaturated/α-hetero) is 1. The number of carbonyl (C=O) groups is 1. The summed E-state index contributed by atoms with van der Waals surface area (Å²) in [7, 11) is 0. The molecule has 2 aromatic rings. The van der Waals surface area contributed by atoms with Crippen LogP contribution < -0.4 is 4.74 Å². The molecule has 0 saturated heterocycles. The van der Waals surface area contributed by atoms with E-state index in [-0.39, 0.29) is 18.4 Å². The fourth-order valence-corrected chi connectivity index (χ4v) is 2.13. The first-order valence-electron chi connectivity index (χ1n) is 7.10. The van der Waals surface area contributed by atoms with E-state index in [1.165, 1.54) is 24.3 Å². The number of benzene rings is 2. The molecule has 0 fully saturated rings. The zero-order chi connectivity index (χ0) is 18.7. The summed E-state index contributed by atoms with van der Waals surface area (Å²) in [5.74, 6) is -0.944. The van der Waals surface area contributed by atoms with Gasteiger partial charge in [0.05, 0.1) is 5.56 Å². The van der Waals surface area contributed by atoms with Crippen molar-refractivity contribution in [3.05, 3.63) is 65.2 Å². The second-order valence-electron chi connectivity index (χ2n) is 5.19. The van der Waals surface area contributed by atoms with Crippen molar-refractivity contribution in [2.24, 2.45) is 0 Å². The van der Waals surface area contributed by atoms with Crippen molar-refractivity contribution in [2.75, 3.05) is 0 Å². The predicted molar refractivity (Wildman–Crippen MR) is 77.2 cm³/mol. The van der Waals surface area contributed by atoms with Gasteiger partial charge in [-0.1, -0.05) is 24.3 Å². The lowest BCUT2D eigenvalue weighted by molar-refractivity contribution is -0.274.